The van der Waals surface area contributed by atoms with Crippen molar-refractivity contribution in [3.63, 3.8) is 0 Å². The Labute approximate surface area is 242 Å². The summed E-state index contributed by atoms with van der Waals surface area (Å²) in [5.74, 6) is -1.27. The number of carbonyl (C=O) groups excluding carboxylic acids is 2. The molecule has 1 aliphatic rings. The molecule has 0 saturated carbocycles. The van der Waals surface area contributed by atoms with Crippen molar-refractivity contribution in [2.75, 3.05) is 6.54 Å². The summed E-state index contributed by atoms with van der Waals surface area (Å²) in [5.41, 5.74) is 4.89. The molecule has 2 rings (SSSR count). The minimum absolute atomic E-state index is 0.131. The van der Waals surface area contributed by atoms with Crippen LogP contribution in [0, 0.1) is 5.92 Å². The molecule has 12 nitrogen and oxygen atoms in total. The van der Waals surface area contributed by atoms with Gasteiger partial charge in [0.15, 0.2) is 0 Å². The van der Waals surface area contributed by atoms with Gasteiger partial charge in [0.2, 0.25) is 11.8 Å². The molecule has 0 unspecified atom stereocenters. The van der Waals surface area contributed by atoms with Crippen molar-refractivity contribution in [1.82, 2.24) is 20.6 Å². The number of unbranched alkanes of at least 4 members (excludes halogenated alkanes) is 9. The summed E-state index contributed by atoms with van der Waals surface area (Å²) in [6, 6.07) is -2.19. The van der Waals surface area contributed by atoms with E-state index in [1.165, 1.54) is 44.7 Å². The number of amides is 2. The number of carbonyl (C=O) groups is 2. The van der Waals surface area contributed by atoms with Gasteiger partial charge in [-0.2, -0.15) is 0 Å². The van der Waals surface area contributed by atoms with E-state index in [-0.39, 0.29) is 17.9 Å². The Balaban J connectivity index is 1.99. The number of rotatable bonds is 19. The van der Waals surface area contributed by atoms with E-state index in [1.807, 2.05) is 13.8 Å². The molecule has 0 aromatic carbocycles. The molecule has 8 N–H and O–H groups in total. The molecule has 0 bridgehead atoms. The highest BCUT2D eigenvalue weighted by Gasteiger charge is 2.49. The van der Waals surface area contributed by atoms with Gasteiger partial charge in [0.05, 0.1) is 12.1 Å². The topological polar surface area (TPSA) is 200 Å². The summed E-state index contributed by atoms with van der Waals surface area (Å²) in [7, 11) is 0. The molecule has 234 valence electrons. The molecule has 41 heavy (non-hydrogen) atoms. The smallest absolute Gasteiger partial charge is 0.325 e. The first-order valence-corrected chi connectivity index (χ1v) is 15.3. The number of nitrogens with one attached hydrogen (secondary N) is 4. The fourth-order valence-electron chi connectivity index (χ4n) is 5.02. The molecule has 2 heterocycles. The van der Waals surface area contributed by atoms with Gasteiger partial charge < -0.3 is 36.3 Å². The van der Waals surface area contributed by atoms with Crippen LogP contribution in [0.1, 0.15) is 97.0 Å². The summed E-state index contributed by atoms with van der Waals surface area (Å²) in [4.78, 5) is 54.1. The minimum atomic E-state index is -1.52. The molecule has 0 aliphatic carbocycles. The summed E-state index contributed by atoms with van der Waals surface area (Å²) >= 11 is 0. The van der Waals surface area contributed by atoms with E-state index in [4.69, 9.17) is 10.5 Å². The molecule has 7 atom stereocenters. The third kappa shape index (κ3) is 11.0. The van der Waals surface area contributed by atoms with Gasteiger partial charge in [0.25, 0.3) is 5.56 Å². The van der Waals surface area contributed by atoms with Crippen LogP contribution in [0.5, 0.6) is 0 Å². The molecule has 1 aliphatic heterocycles. The predicted molar refractivity (Wildman–Crippen MR) is 156 cm³/mol. The third-order valence-corrected chi connectivity index (χ3v) is 8.01. The van der Waals surface area contributed by atoms with Gasteiger partial charge >= 0.3 is 5.69 Å². The number of nitrogens with two attached hydrogens (primary N) is 1. The molecule has 1 aromatic rings. The lowest BCUT2D eigenvalue weighted by Gasteiger charge is -2.28. The number of hydrogen-bond donors (Lipinski definition) is 7. The van der Waals surface area contributed by atoms with E-state index < -0.39 is 59.6 Å². The number of aliphatic hydroxyl groups is 2. The first-order chi connectivity index (χ1) is 19.6. The van der Waals surface area contributed by atoms with Crippen LogP contribution in [0.4, 0.5) is 0 Å². The maximum absolute atomic E-state index is 13.3. The molecule has 1 saturated heterocycles. The predicted octanol–water partition coefficient (Wildman–Crippen LogP) is 0.990. The molecule has 1 fully saturated rings. The van der Waals surface area contributed by atoms with Gasteiger partial charge in [-0.05, 0) is 12.3 Å². The second kappa shape index (κ2) is 18.1. The highest BCUT2D eigenvalue weighted by molar-refractivity contribution is 5.90. The van der Waals surface area contributed by atoms with Gasteiger partial charge in [-0.3, -0.25) is 19.4 Å². The zero-order valence-corrected chi connectivity index (χ0v) is 24.8. The van der Waals surface area contributed by atoms with Crippen molar-refractivity contribution in [3.8, 4) is 0 Å². The van der Waals surface area contributed by atoms with Crippen molar-refractivity contribution >= 4 is 11.8 Å². The first-order valence-electron chi connectivity index (χ1n) is 15.3. The van der Waals surface area contributed by atoms with Crippen molar-refractivity contribution < 1.29 is 24.5 Å². The Morgan fingerprint density at radius 2 is 1.59 bits per heavy atom. The van der Waals surface area contributed by atoms with Crippen molar-refractivity contribution in [2.45, 2.75) is 134 Å². The first kappa shape index (κ1) is 34.7. The summed E-state index contributed by atoms with van der Waals surface area (Å²) in [5, 5.41) is 27.0. The molecule has 1 aromatic heterocycles. The Kier molecular flexibility index (Phi) is 15.3. The number of aliphatic hydroxyl groups excluding tert-OH is 2. The number of aromatic amines is 2. The van der Waals surface area contributed by atoms with Crippen LogP contribution in [0.15, 0.2) is 15.8 Å². The quantitative estimate of drug-likeness (QED) is 0.117. The molecule has 0 spiro atoms. The maximum Gasteiger partial charge on any atom is 0.325 e. The normalized spacial score (nSPS) is 22.7. The fourth-order valence-corrected chi connectivity index (χ4v) is 5.02. The van der Waals surface area contributed by atoms with E-state index in [0.29, 0.717) is 13.0 Å². The number of hydrogen-bond acceptors (Lipinski definition) is 8. The average Bonchev–Trinajstić information content (AvgIpc) is 3.23. The Bertz CT molecular complexity index is 1040. The lowest BCUT2D eigenvalue weighted by molar-refractivity contribution is -0.135. The number of H-pyrrole nitrogens is 2. The van der Waals surface area contributed by atoms with Gasteiger partial charge in [0.1, 0.15) is 24.4 Å². The number of aromatic nitrogens is 2. The van der Waals surface area contributed by atoms with Crippen LogP contribution < -0.4 is 27.6 Å². The Hall–Kier alpha value is -2.54. The Morgan fingerprint density at radius 1 is 0.976 bits per heavy atom. The largest absolute Gasteiger partial charge is 0.388 e. The standard InChI is InChI=1S/C29H51N5O7/c1-4-6-7-8-9-10-11-12-13-14-15-31-28(39)22(33-27(38)21(30)18(3)5-2)25-24(36)23(35)20(41-25)16-19-17-32-29(40)34-26(19)37/h17-18,20-25,35-36H,4-16,30H2,1-3H3,(H,31,39)(H,33,38)(H2,32,34,37,40)/t18-,20+,21+,22+,23+,24+,25-/m1/s1. The van der Waals surface area contributed by atoms with Crippen LogP contribution in [0.3, 0.4) is 0 Å². The number of ether oxygens (including phenoxy) is 1. The van der Waals surface area contributed by atoms with E-state index >= 15 is 0 Å². The monoisotopic (exact) mass is 581 g/mol. The maximum atomic E-state index is 13.3. The lowest BCUT2D eigenvalue weighted by Crippen LogP contribution is -2.60. The average molecular weight is 582 g/mol. The Morgan fingerprint density at radius 3 is 2.17 bits per heavy atom. The lowest BCUT2D eigenvalue weighted by atomic mass is 9.96. The third-order valence-electron chi connectivity index (χ3n) is 8.01. The van der Waals surface area contributed by atoms with Gasteiger partial charge in [0, 0.05) is 24.7 Å². The van der Waals surface area contributed by atoms with Gasteiger partial charge in [-0.15, -0.1) is 0 Å². The van der Waals surface area contributed by atoms with Crippen LogP contribution >= 0.6 is 0 Å². The van der Waals surface area contributed by atoms with Crippen LogP contribution in [-0.2, 0) is 20.7 Å². The fraction of sp³-hybridized carbons (Fsp3) is 0.793. The zero-order chi connectivity index (χ0) is 30.4. The highest BCUT2D eigenvalue weighted by atomic mass is 16.5. The second-order valence-corrected chi connectivity index (χ2v) is 11.3. The summed E-state index contributed by atoms with van der Waals surface area (Å²) < 4.78 is 5.87. The van der Waals surface area contributed by atoms with E-state index in [1.54, 1.807) is 0 Å². The van der Waals surface area contributed by atoms with Crippen molar-refractivity contribution in [2.24, 2.45) is 11.7 Å². The van der Waals surface area contributed by atoms with Gasteiger partial charge in [-0.25, -0.2) is 4.79 Å². The highest BCUT2D eigenvalue weighted by Crippen LogP contribution is 2.26. The van der Waals surface area contributed by atoms with Crippen LogP contribution in [-0.4, -0.2) is 75.0 Å². The van der Waals surface area contributed by atoms with E-state index in [2.05, 4.69) is 27.5 Å². The summed E-state index contributed by atoms with van der Waals surface area (Å²) in [6.07, 6.45) is 7.98. The van der Waals surface area contributed by atoms with Gasteiger partial charge in [-0.1, -0.05) is 85.0 Å². The molecule has 12 heteroatoms. The van der Waals surface area contributed by atoms with E-state index in [9.17, 15) is 29.4 Å². The van der Waals surface area contributed by atoms with E-state index in [0.717, 1.165) is 25.7 Å². The summed E-state index contributed by atoms with van der Waals surface area (Å²) in [6.45, 7) is 6.32. The van der Waals surface area contributed by atoms with Crippen LogP contribution in [0.2, 0.25) is 0 Å². The second-order valence-electron chi connectivity index (χ2n) is 11.3. The van der Waals surface area contributed by atoms with Crippen LogP contribution in [0.25, 0.3) is 0 Å². The SMILES string of the molecule is CCCCCCCCCCCCNC(=O)[C@@H](NC(=O)[C@@H](N)[C@H](C)CC)[C@H]1O[C@@H](Cc2c[nH]c(=O)[nH]c2=O)[C@H](O)[C@@H]1O. The zero-order valence-electron chi connectivity index (χ0n) is 24.8. The molecule has 0 radical (unpaired) electrons. The minimum Gasteiger partial charge on any atom is -0.388 e. The molecular formula is C29H51N5O7. The van der Waals surface area contributed by atoms with Crippen molar-refractivity contribution in [3.05, 3.63) is 32.6 Å². The molecular weight excluding hydrogens is 530 g/mol. The molecule has 2 amide bonds. The van der Waals surface area contributed by atoms with Crippen molar-refractivity contribution in [1.29, 1.82) is 0 Å².